The van der Waals surface area contributed by atoms with Crippen LogP contribution >= 0.6 is 0 Å². The first-order valence-corrected chi connectivity index (χ1v) is 10.6. The zero-order valence-electron chi connectivity index (χ0n) is 18.5. The quantitative estimate of drug-likeness (QED) is 0.388. The highest BCUT2D eigenvalue weighted by Crippen LogP contribution is 2.42. The zero-order valence-corrected chi connectivity index (χ0v) is 18.5. The van der Waals surface area contributed by atoms with Gasteiger partial charge in [0.25, 0.3) is 0 Å². The Hall–Kier alpha value is -3.06. The third-order valence-electron chi connectivity index (χ3n) is 5.54. The number of rotatable bonds is 7. The van der Waals surface area contributed by atoms with Crippen molar-refractivity contribution in [1.82, 2.24) is 25.1 Å². The third kappa shape index (κ3) is 4.75. The number of ether oxygens (including phenoxy) is 2. The van der Waals surface area contributed by atoms with Crippen molar-refractivity contribution in [2.45, 2.75) is 31.5 Å². The van der Waals surface area contributed by atoms with Crippen molar-refractivity contribution in [1.29, 1.82) is 0 Å². The average molecular weight is 486 g/mol. The second-order valence-corrected chi connectivity index (χ2v) is 7.91. The minimum atomic E-state index is -5.09. The van der Waals surface area contributed by atoms with Gasteiger partial charge in [-0.2, -0.15) is 23.3 Å². The molecule has 2 aromatic heterocycles. The van der Waals surface area contributed by atoms with Gasteiger partial charge in [-0.3, -0.25) is 0 Å². The Morgan fingerprint density at radius 3 is 2.71 bits per heavy atom. The number of anilines is 1. The fraction of sp³-hybridized carbons (Fsp3) is 0.476. The molecule has 0 radical (unpaired) electrons. The molecule has 3 heterocycles. The smallest absolute Gasteiger partial charge is 0.419 e. The van der Waals surface area contributed by atoms with E-state index in [0.29, 0.717) is 18.6 Å². The molecule has 1 atom stereocenters. The van der Waals surface area contributed by atoms with Gasteiger partial charge >= 0.3 is 6.18 Å². The van der Waals surface area contributed by atoms with Crippen LogP contribution in [0.4, 0.5) is 27.9 Å². The fourth-order valence-corrected chi connectivity index (χ4v) is 3.87. The lowest BCUT2D eigenvalue weighted by molar-refractivity contribution is -0.140. The minimum Gasteiger partial charge on any atom is -0.461 e. The van der Waals surface area contributed by atoms with E-state index >= 15 is 4.39 Å². The molecule has 4 rings (SSSR count). The van der Waals surface area contributed by atoms with Gasteiger partial charge in [0.2, 0.25) is 5.95 Å². The molecule has 1 aliphatic heterocycles. The standard InChI is InChI=1S/C21H23F5N6O2/c1-32-19-13(9-29-20(30-19)28-8-11-5-3-4-6-27-11)17(31-32)12-7-14(21(24,25)26)16(23)18(15(12)22)34-10-33-2/h7,9,11,27H,3-6,8,10H2,1-2H3,(H,28,29,30). The van der Waals surface area contributed by atoms with Crippen molar-refractivity contribution in [3.8, 4) is 17.0 Å². The second-order valence-electron chi connectivity index (χ2n) is 7.91. The van der Waals surface area contributed by atoms with E-state index in [0.717, 1.165) is 25.8 Å². The summed E-state index contributed by atoms with van der Waals surface area (Å²) >= 11 is 0. The molecule has 2 N–H and O–H groups in total. The van der Waals surface area contributed by atoms with Crippen molar-refractivity contribution in [2.24, 2.45) is 7.05 Å². The van der Waals surface area contributed by atoms with Crippen LogP contribution in [-0.4, -0.2) is 52.8 Å². The van der Waals surface area contributed by atoms with Gasteiger partial charge in [0.15, 0.2) is 29.8 Å². The first-order valence-electron chi connectivity index (χ1n) is 10.6. The number of fused-ring (bicyclic) bond motifs is 1. The molecule has 8 nitrogen and oxygen atoms in total. The molecule has 1 unspecified atom stereocenters. The molecular formula is C21H23F5N6O2. The molecule has 0 spiro atoms. The van der Waals surface area contributed by atoms with Gasteiger partial charge < -0.3 is 20.1 Å². The van der Waals surface area contributed by atoms with Gasteiger partial charge in [0, 0.05) is 38.5 Å². The maximum absolute atomic E-state index is 15.2. The Morgan fingerprint density at radius 2 is 2.03 bits per heavy atom. The molecule has 0 saturated carbocycles. The Morgan fingerprint density at radius 1 is 1.24 bits per heavy atom. The molecule has 1 aliphatic rings. The van der Waals surface area contributed by atoms with Crippen LogP contribution in [0.2, 0.25) is 0 Å². The van der Waals surface area contributed by atoms with E-state index in [-0.39, 0.29) is 22.8 Å². The number of alkyl halides is 3. The highest BCUT2D eigenvalue weighted by Gasteiger charge is 2.38. The second kappa shape index (κ2) is 9.66. The first-order chi connectivity index (χ1) is 16.2. The Bertz CT molecular complexity index is 1180. The van der Waals surface area contributed by atoms with Crippen molar-refractivity contribution in [2.75, 3.05) is 32.3 Å². The molecule has 0 aliphatic carbocycles. The van der Waals surface area contributed by atoms with Crippen molar-refractivity contribution < 1.29 is 31.4 Å². The number of piperidine rings is 1. The summed E-state index contributed by atoms with van der Waals surface area (Å²) in [6.07, 6.45) is -0.478. The minimum absolute atomic E-state index is 0.178. The largest absolute Gasteiger partial charge is 0.461 e. The predicted octanol–water partition coefficient (Wildman–Crippen LogP) is 3.86. The highest BCUT2D eigenvalue weighted by molar-refractivity contribution is 5.91. The summed E-state index contributed by atoms with van der Waals surface area (Å²) in [7, 11) is 2.68. The predicted molar refractivity (Wildman–Crippen MR) is 113 cm³/mol. The molecule has 0 bridgehead atoms. The van der Waals surface area contributed by atoms with Gasteiger partial charge in [-0.1, -0.05) is 6.42 Å². The molecule has 1 fully saturated rings. The molecule has 0 amide bonds. The van der Waals surface area contributed by atoms with Crippen LogP contribution < -0.4 is 15.4 Å². The van der Waals surface area contributed by atoms with Crippen molar-refractivity contribution in [3.05, 3.63) is 29.5 Å². The first kappa shape index (κ1) is 24.1. The number of methoxy groups -OCH3 is 1. The Balaban J connectivity index is 1.74. The lowest BCUT2D eigenvalue weighted by Gasteiger charge is -2.23. The number of aryl methyl sites for hydroxylation is 1. The highest BCUT2D eigenvalue weighted by atomic mass is 19.4. The summed E-state index contributed by atoms with van der Waals surface area (Å²) in [4.78, 5) is 8.58. The molecular weight excluding hydrogens is 463 g/mol. The lowest BCUT2D eigenvalue weighted by Crippen LogP contribution is -2.39. The number of aromatic nitrogens is 4. The van der Waals surface area contributed by atoms with E-state index in [1.54, 1.807) is 0 Å². The van der Waals surface area contributed by atoms with E-state index in [1.165, 1.54) is 25.0 Å². The van der Waals surface area contributed by atoms with Crippen LogP contribution in [0.25, 0.3) is 22.3 Å². The van der Waals surface area contributed by atoms with Crippen LogP contribution in [-0.2, 0) is 18.0 Å². The van der Waals surface area contributed by atoms with Crippen LogP contribution in [0.1, 0.15) is 24.8 Å². The Kier molecular flexibility index (Phi) is 6.84. The number of nitrogens with zero attached hydrogens (tertiary/aromatic N) is 4. The van der Waals surface area contributed by atoms with E-state index < -0.39 is 41.5 Å². The normalized spacial score (nSPS) is 16.7. The number of halogens is 5. The van der Waals surface area contributed by atoms with Crippen LogP contribution in [0.5, 0.6) is 5.75 Å². The summed E-state index contributed by atoms with van der Waals surface area (Å²) in [6.45, 7) is 0.889. The van der Waals surface area contributed by atoms with Crippen LogP contribution in [0.3, 0.4) is 0 Å². The zero-order chi connectivity index (χ0) is 24.5. The molecule has 184 valence electrons. The molecule has 1 aromatic carbocycles. The lowest BCUT2D eigenvalue weighted by atomic mass is 10.0. The topological polar surface area (TPSA) is 86.1 Å². The van der Waals surface area contributed by atoms with Crippen LogP contribution in [0.15, 0.2) is 12.3 Å². The summed E-state index contributed by atoms with van der Waals surface area (Å²) in [6, 6.07) is 0.641. The third-order valence-corrected chi connectivity index (χ3v) is 5.54. The van der Waals surface area contributed by atoms with E-state index in [2.05, 4.69) is 30.4 Å². The van der Waals surface area contributed by atoms with Crippen molar-refractivity contribution in [3.63, 3.8) is 0 Å². The summed E-state index contributed by atoms with van der Waals surface area (Å²) in [5.41, 5.74) is -2.20. The molecule has 3 aromatic rings. The van der Waals surface area contributed by atoms with Crippen LogP contribution in [0, 0.1) is 11.6 Å². The molecule has 1 saturated heterocycles. The van der Waals surface area contributed by atoms with E-state index in [4.69, 9.17) is 4.74 Å². The van der Waals surface area contributed by atoms with E-state index in [9.17, 15) is 17.6 Å². The number of benzene rings is 1. The van der Waals surface area contributed by atoms with Gasteiger partial charge in [0.1, 0.15) is 5.69 Å². The Labute approximate surface area is 191 Å². The van der Waals surface area contributed by atoms with Gasteiger partial charge in [0.05, 0.1) is 10.9 Å². The molecule has 13 heteroatoms. The fourth-order valence-electron chi connectivity index (χ4n) is 3.87. The number of nitrogens with one attached hydrogen (secondary N) is 2. The summed E-state index contributed by atoms with van der Waals surface area (Å²) in [5.74, 6) is -4.11. The van der Waals surface area contributed by atoms with Gasteiger partial charge in [-0.15, -0.1) is 0 Å². The maximum Gasteiger partial charge on any atom is 0.419 e. The van der Waals surface area contributed by atoms with Crippen molar-refractivity contribution >= 4 is 17.0 Å². The summed E-state index contributed by atoms with van der Waals surface area (Å²) < 4.78 is 80.7. The average Bonchev–Trinajstić information content (AvgIpc) is 3.13. The monoisotopic (exact) mass is 486 g/mol. The van der Waals surface area contributed by atoms with E-state index in [1.807, 2.05) is 0 Å². The SMILES string of the molecule is COCOc1c(F)c(-c2nn(C)c3nc(NCC4CCCCN4)ncc23)cc(C(F)(F)F)c1F. The summed E-state index contributed by atoms with van der Waals surface area (Å²) in [5, 5.41) is 10.9. The number of hydrogen-bond donors (Lipinski definition) is 2. The van der Waals surface area contributed by atoms with Gasteiger partial charge in [-0.05, 0) is 25.5 Å². The maximum atomic E-state index is 15.2. The van der Waals surface area contributed by atoms with Gasteiger partial charge in [-0.25, -0.2) is 18.4 Å². The number of hydrogen-bond acceptors (Lipinski definition) is 7. The molecule has 34 heavy (non-hydrogen) atoms.